The Morgan fingerprint density at radius 1 is 1.26 bits per heavy atom. The summed E-state index contributed by atoms with van der Waals surface area (Å²) in [6.45, 7) is -0.205. The minimum atomic E-state index is -4.54. The number of nitrogens with two attached hydrogens (primary N) is 1. The molecule has 3 N–H and O–H groups in total. The van der Waals surface area contributed by atoms with Crippen LogP contribution in [0.5, 0.6) is 0 Å². The summed E-state index contributed by atoms with van der Waals surface area (Å²) in [6.07, 6.45) is -5.00. The van der Waals surface area contributed by atoms with Crippen LogP contribution < -0.4 is 11.1 Å². The maximum atomic E-state index is 12.8. The molecule has 0 spiro atoms. The van der Waals surface area contributed by atoms with Crippen LogP contribution in [-0.4, -0.2) is 22.0 Å². The predicted octanol–water partition coefficient (Wildman–Crippen LogP) is 1.05. The lowest BCUT2D eigenvalue weighted by Crippen LogP contribution is -2.26. The van der Waals surface area contributed by atoms with Gasteiger partial charge < -0.3 is 15.6 Å². The highest BCUT2D eigenvalue weighted by Gasteiger charge is 2.33. The van der Waals surface area contributed by atoms with Crippen molar-refractivity contribution in [2.75, 3.05) is 0 Å². The molecule has 2 rings (SSSR count). The molecular formula is C13H11F3N4O3. The predicted molar refractivity (Wildman–Crippen MR) is 69.8 cm³/mol. The van der Waals surface area contributed by atoms with E-state index in [4.69, 9.17) is 5.73 Å². The van der Waals surface area contributed by atoms with Crippen molar-refractivity contribution >= 4 is 11.8 Å². The number of nitrogens with zero attached hydrogens (tertiary/aromatic N) is 2. The number of halogens is 3. The van der Waals surface area contributed by atoms with Crippen LogP contribution in [0.2, 0.25) is 0 Å². The number of primary amides is 1. The first-order chi connectivity index (χ1) is 10.8. The molecule has 0 aliphatic carbocycles. The number of hydrogen-bond acceptors (Lipinski definition) is 5. The zero-order chi connectivity index (χ0) is 17.0. The lowest BCUT2D eigenvalue weighted by molar-refractivity contribution is -0.138. The van der Waals surface area contributed by atoms with E-state index in [9.17, 15) is 22.8 Å². The van der Waals surface area contributed by atoms with Crippen LogP contribution in [0, 0.1) is 0 Å². The van der Waals surface area contributed by atoms with Gasteiger partial charge in [-0.2, -0.15) is 18.2 Å². The van der Waals surface area contributed by atoms with Crippen molar-refractivity contribution in [2.24, 2.45) is 5.73 Å². The minimum absolute atomic E-state index is 0.0174. The second-order valence-corrected chi connectivity index (χ2v) is 4.49. The first-order valence-electron chi connectivity index (χ1n) is 6.31. The standard InChI is InChI=1S/C13H11F3N4O3/c14-13(15,16)8-4-2-1-3-7(8)5-10(21)18-6-9-19-12(11(17)22)23-20-9/h1-4H,5-6H2,(H2,17,22)(H,18,21). The summed E-state index contributed by atoms with van der Waals surface area (Å²) in [7, 11) is 0. The van der Waals surface area contributed by atoms with Crippen molar-refractivity contribution in [3.8, 4) is 0 Å². The van der Waals surface area contributed by atoms with Gasteiger partial charge in [-0.05, 0) is 11.6 Å². The van der Waals surface area contributed by atoms with E-state index < -0.39 is 35.9 Å². The summed E-state index contributed by atoms with van der Waals surface area (Å²) in [5.41, 5.74) is 3.89. The second kappa shape index (κ2) is 6.46. The largest absolute Gasteiger partial charge is 0.416 e. The molecule has 23 heavy (non-hydrogen) atoms. The third kappa shape index (κ3) is 4.28. The Bertz CT molecular complexity index is 727. The molecule has 10 heteroatoms. The van der Waals surface area contributed by atoms with Gasteiger partial charge in [-0.3, -0.25) is 9.59 Å². The molecule has 0 aliphatic heterocycles. The van der Waals surface area contributed by atoms with E-state index in [1.165, 1.54) is 18.2 Å². The van der Waals surface area contributed by atoms with Crippen LogP contribution >= 0.6 is 0 Å². The van der Waals surface area contributed by atoms with Crippen molar-refractivity contribution in [1.82, 2.24) is 15.5 Å². The average Bonchev–Trinajstić information content (AvgIpc) is 2.94. The number of alkyl halides is 3. The molecule has 0 saturated carbocycles. The normalized spacial score (nSPS) is 11.3. The molecule has 2 aromatic rings. The first kappa shape index (κ1) is 16.5. The van der Waals surface area contributed by atoms with Crippen molar-refractivity contribution in [3.63, 3.8) is 0 Å². The van der Waals surface area contributed by atoms with Crippen molar-refractivity contribution in [1.29, 1.82) is 0 Å². The third-order valence-corrected chi connectivity index (χ3v) is 2.80. The van der Waals surface area contributed by atoms with Gasteiger partial charge in [-0.15, -0.1) is 0 Å². The van der Waals surface area contributed by atoms with Crippen molar-refractivity contribution in [2.45, 2.75) is 19.1 Å². The third-order valence-electron chi connectivity index (χ3n) is 2.80. The molecule has 1 heterocycles. The van der Waals surface area contributed by atoms with Crippen LogP contribution in [0.15, 0.2) is 28.8 Å². The molecule has 122 valence electrons. The van der Waals surface area contributed by atoms with Crippen LogP contribution in [0.4, 0.5) is 13.2 Å². The smallest absolute Gasteiger partial charge is 0.361 e. The van der Waals surface area contributed by atoms with E-state index in [2.05, 4.69) is 20.0 Å². The Labute approximate surface area is 127 Å². The molecule has 0 saturated heterocycles. The van der Waals surface area contributed by atoms with Gasteiger partial charge in [0.25, 0.3) is 0 Å². The Kier molecular flexibility index (Phi) is 4.63. The lowest BCUT2D eigenvalue weighted by atomic mass is 10.0. The summed E-state index contributed by atoms with van der Waals surface area (Å²) in [6, 6.07) is 4.79. The quantitative estimate of drug-likeness (QED) is 0.852. The summed E-state index contributed by atoms with van der Waals surface area (Å²) >= 11 is 0. The number of nitrogens with one attached hydrogen (secondary N) is 1. The van der Waals surface area contributed by atoms with Crippen molar-refractivity contribution in [3.05, 3.63) is 47.1 Å². The van der Waals surface area contributed by atoms with E-state index in [1.807, 2.05) is 0 Å². The van der Waals surface area contributed by atoms with E-state index in [0.29, 0.717) is 0 Å². The van der Waals surface area contributed by atoms with Crippen molar-refractivity contribution < 1.29 is 27.3 Å². The van der Waals surface area contributed by atoms with Gasteiger partial charge in [-0.25, -0.2) is 0 Å². The van der Waals surface area contributed by atoms with E-state index >= 15 is 0 Å². The summed E-state index contributed by atoms with van der Waals surface area (Å²) in [4.78, 5) is 26.1. The summed E-state index contributed by atoms with van der Waals surface area (Å²) in [5, 5.41) is 5.73. The zero-order valence-electron chi connectivity index (χ0n) is 11.6. The van der Waals surface area contributed by atoms with E-state index in [1.54, 1.807) is 0 Å². The molecular weight excluding hydrogens is 317 g/mol. The maximum Gasteiger partial charge on any atom is 0.416 e. The highest BCUT2D eigenvalue weighted by atomic mass is 19.4. The van der Waals surface area contributed by atoms with Crippen LogP contribution in [0.1, 0.15) is 27.6 Å². The van der Waals surface area contributed by atoms with Gasteiger partial charge in [0.05, 0.1) is 18.5 Å². The molecule has 0 unspecified atom stereocenters. The highest BCUT2D eigenvalue weighted by molar-refractivity contribution is 5.87. The molecule has 0 radical (unpaired) electrons. The fourth-order valence-corrected chi connectivity index (χ4v) is 1.79. The number of aromatic nitrogens is 2. The average molecular weight is 328 g/mol. The van der Waals surface area contributed by atoms with Crippen LogP contribution in [0.3, 0.4) is 0 Å². The monoisotopic (exact) mass is 328 g/mol. The molecule has 0 atom stereocenters. The molecule has 1 aromatic heterocycles. The SMILES string of the molecule is NC(=O)c1nc(CNC(=O)Cc2ccccc2C(F)(F)F)no1. The minimum Gasteiger partial charge on any atom is -0.361 e. The van der Waals surface area contributed by atoms with Gasteiger partial charge in [0, 0.05) is 0 Å². The molecule has 0 fully saturated rings. The first-order valence-corrected chi connectivity index (χ1v) is 6.31. The van der Waals surface area contributed by atoms with E-state index in [0.717, 1.165) is 6.07 Å². The Morgan fingerprint density at radius 2 is 1.96 bits per heavy atom. The highest BCUT2D eigenvalue weighted by Crippen LogP contribution is 2.31. The number of carbonyl (C=O) groups excluding carboxylic acids is 2. The van der Waals surface area contributed by atoms with E-state index in [-0.39, 0.29) is 17.9 Å². The number of amides is 2. The molecule has 0 aliphatic rings. The maximum absolute atomic E-state index is 12.8. The van der Waals surface area contributed by atoms with Gasteiger partial charge in [0.2, 0.25) is 5.91 Å². The Hall–Kier alpha value is -2.91. The molecule has 7 nitrogen and oxygen atoms in total. The topological polar surface area (TPSA) is 111 Å². The summed E-state index contributed by atoms with van der Waals surface area (Å²) < 4.78 is 43.0. The molecule has 1 aromatic carbocycles. The number of carbonyl (C=O) groups is 2. The number of benzene rings is 1. The fraction of sp³-hybridized carbons (Fsp3) is 0.231. The molecule has 2 amide bonds. The molecule has 0 bridgehead atoms. The zero-order valence-corrected chi connectivity index (χ0v) is 11.6. The van der Waals surface area contributed by atoms with Crippen LogP contribution in [0.25, 0.3) is 0 Å². The number of rotatable bonds is 5. The second-order valence-electron chi connectivity index (χ2n) is 4.49. The Balaban J connectivity index is 1.99. The lowest BCUT2D eigenvalue weighted by Gasteiger charge is -2.12. The van der Waals surface area contributed by atoms with Gasteiger partial charge >= 0.3 is 18.0 Å². The summed E-state index contributed by atoms with van der Waals surface area (Å²) in [5.74, 6) is -2.02. The van der Waals surface area contributed by atoms with Gasteiger partial charge in [0.1, 0.15) is 0 Å². The number of hydrogen-bond donors (Lipinski definition) is 2. The van der Waals surface area contributed by atoms with Gasteiger partial charge in [0.15, 0.2) is 5.82 Å². The van der Waals surface area contributed by atoms with Crippen LogP contribution in [-0.2, 0) is 23.9 Å². The fourth-order valence-electron chi connectivity index (χ4n) is 1.79. The Morgan fingerprint density at radius 3 is 2.57 bits per heavy atom. The van der Waals surface area contributed by atoms with Gasteiger partial charge in [-0.1, -0.05) is 23.4 Å².